The van der Waals surface area contributed by atoms with E-state index in [-0.39, 0.29) is 16.1 Å². The molecule has 0 atom stereocenters. The first-order valence-corrected chi connectivity index (χ1v) is 10.0. The Morgan fingerprint density at radius 2 is 1.79 bits per heavy atom. The van der Waals surface area contributed by atoms with Crippen LogP contribution in [-0.4, -0.2) is 19.3 Å². The highest BCUT2D eigenvalue weighted by Crippen LogP contribution is 2.31. The highest BCUT2D eigenvalue weighted by molar-refractivity contribution is 7.92. The third kappa shape index (κ3) is 4.67. The van der Waals surface area contributed by atoms with Gasteiger partial charge in [-0.3, -0.25) is 14.8 Å². The van der Waals surface area contributed by atoms with Gasteiger partial charge >= 0.3 is 6.18 Å². The van der Waals surface area contributed by atoms with Crippen molar-refractivity contribution >= 4 is 38.1 Å². The Labute approximate surface area is 162 Å². The van der Waals surface area contributed by atoms with E-state index in [1.807, 2.05) is 0 Å². The van der Waals surface area contributed by atoms with Crippen LogP contribution in [0, 0.1) is 0 Å². The minimum atomic E-state index is -4.59. The molecule has 0 spiro atoms. The quantitative estimate of drug-likeness (QED) is 0.638. The van der Waals surface area contributed by atoms with Crippen LogP contribution >= 0.6 is 11.3 Å². The average molecular weight is 427 g/mol. The molecule has 146 valence electrons. The van der Waals surface area contributed by atoms with Gasteiger partial charge in [0.2, 0.25) is 0 Å². The number of anilines is 2. The molecule has 2 N–H and O–H groups in total. The summed E-state index contributed by atoms with van der Waals surface area (Å²) in [5.74, 6) is -0.468. The molecule has 1 heterocycles. The summed E-state index contributed by atoms with van der Waals surface area (Å²) < 4.78 is 65.2. The molecule has 3 aromatic rings. The van der Waals surface area contributed by atoms with Crippen molar-refractivity contribution in [2.75, 3.05) is 10.0 Å². The van der Waals surface area contributed by atoms with Gasteiger partial charge in [0.25, 0.3) is 15.9 Å². The molecule has 0 aliphatic rings. The minimum Gasteiger partial charge on any atom is -0.298 e. The van der Waals surface area contributed by atoms with Crippen molar-refractivity contribution in [1.29, 1.82) is 0 Å². The summed E-state index contributed by atoms with van der Waals surface area (Å²) in [6.07, 6.45) is -3.07. The second kappa shape index (κ2) is 7.60. The van der Waals surface area contributed by atoms with Crippen LogP contribution in [0.4, 0.5) is 24.0 Å². The number of aromatic nitrogens is 1. The van der Waals surface area contributed by atoms with Crippen molar-refractivity contribution < 1.29 is 26.4 Å². The summed E-state index contributed by atoms with van der Waals surface area (Å²) >= 11 is 1.23. The molecule has 28 heavy (non-hydrogen) atoms. The van der Waals surface area contributed by atoms with Gasteiger partial charge in [-0.1, -0.05) is 6.07 Å². The predicted molar refractivity (Wildman–Crippen MR) is 98.8 cm³/mol. The van der Waals surface area contributed by atoms with Crippen LogP contribution in [0.1, 0.15) is 15.9 Å². The molecule has 0 saturated heterocycles. The summed E-state index contributed by atoms with van der Waals surface area (Å²) in [7, 11) is -4.13. The number of hydrogen-bond acceptors (Lipinski definition) is 5. The number of amides is 1. The molecule has 1 amide bonds. The number of carbonyl (C=O) groups excluding carboxylic acids is 1. The lowest BCUT2D eigenvalue weighted by atomic mass is 10.2. The summed E-state index contributed by atoms with van der Waals surface area (Å²) in [6, 6.07) is 8.82. The van der Waals surface area contributed by atoms with Crippen LogP contribution in [0.3, 0.4) is 0 Å². The Balaban J connectivity index is 1.76. The lowest BCUT2D eigenvalue weighted by Crippen LogP contribution is -2.15. The van der Waals surface area contributed by atoms with E-state index >= 15 is 0 Å². The number of nitrogens with one attached hydrogen (secondary N) is 2. The van der Waals surface area contributed by atoms with Crippen LogP contribution in [0.2, 0.25) is 0 Å². The maximum absolute atomic E-state index is 12.8. The molecular formula is C17H12F3N3O3S2. The molecule has 3 rings (SSSR count). The van der Waals surface area contributed by atoms with E-state index < -0.39 is 27.7 Å². The van der Waals surface area contributed by atoms with Crippen LogP contribution in [0.15, 0.2) is 65.0 Å². The number of sulfonamides is 1. The van der Waals surface area contributed by atoms with Crippen molar-refractivity contribution in [1.82, 2.24) is 4.98 Å². The molecular weight excluding hydrogens is 415 g/mol. The third-order valence-electron chi connectivity index (χ3n) is 3.52. The minimum absolute atomic E-state index is 0.198. The number of halogens is 3. The van der Waals surface area contributed by atoms with Crippen molar-refractivity contribution in [3.63, 3.8) is 0 Å². The van der Waals surface area contributed by atoms with E-state index in [0.29, 0.717) is 11.2 Å². The first kappa shape index (κ1) is 19.8. The fourth-order valence-corrected chi connectivity index (χ4v) is 3.79. The van der Waals surface area contributed by atoms with Crippen LogP contribution in [-0.2, 0) is 16.2 Å². The Hall–Kier alpha value is -2.92. The zero-order valence-corrected chi connectivity index (χ0v) is 15.5. The van der Waals surface area contributed by atoms with Gasteiger partial charge < -0.3 is 0 Å². The van der Waals surface area contributed by atoms with Gasteiger partial charge in [0.15, 0.2) is 5.13 Å². The molecule has 0 aliphatic carbocycles. The van der Waals surface area contributed by atoms with E-state index in [1.165, 1.54) is 47.9 Å². The summed E-state index contributed by atoms with van der Waals surface area (Å²) in [5, 5.41) is 4.63. The molecule has 0 bridgehead atoms. The Kier molecular flexibility index (Phi) is 5.38. The molecule has 0 radical (unpaired) electrons. The molecule has 0 unspecified atom stereocenters. The van der Waals surface area contributed by atoms with Crippen molar-refractivity contribution in [2.45, 2.75) is 11.1 Å². The Morgan fingerprint density at radius 3 is 2.39 bits per heavy atom. The maximum atomic E-state index is 12.8. The zero-order chi connectivity index (χ0) is 20.4. The van der Waals surface area contributed by atoms with Gasteiger partial charge in [0, 0.05) is 22.8 Å². The molecule has 1 aromatic heterocycles. The molecule has 2 aromatic carbocycles. The second-order valence-corrected chi connectivity index (χ2v) is 8.08. The monoisotopic (exact) mass is 427 g/mol. The largest absolute Gasteiger partial charge is 0.416 e. The average Bonchev–Trinajstić information content (AvgIpc) is 3.14. The lowest BCUT2D eigenvalue weighted by Gasteiger charge is -2.11. The lowest BCUT2D eigenvalue weighted by molar-refractivity contribution is -0.137. The molecule has 6 nitrogen and oxygen atoms in total. The first-order chi connectivity index (χ1) is 13.1. The SMILES string of the molecule is O=C(Nc1nccs1)c1ccc(S(=O)(=O)Nc2cccc(C(F)(F)F)c2)cc1. The number of alkyl halides is 3. The van der Waals surface area contributed by atoms with Gasteiger partial charge in [-0.25, -0.2) is 13.4 Å². The number of thiazole rings is 1. The van der Waals surface area contributed by atoms with E-state index in [1.54, 1.807) is 5.38 Å². The summed E-state index contributed by atoms with van der Waals surface area (Å²) in [4.78, 5) is 15.8. The van der Waals surface area contributed by atoms with E-state index in [9.17, 15) is 26.4 Å². The molecule has 11 heteroatoms. The van der Waals surface area contributed by atoms with E-state index in [2.05, 4.69) is 15.0 Å². The summed E-state index contributed by atoms with van der Waals surface area (Å²) in [5.41, 5.74) is -0.990. The van der Waals surface area contributed by atoms with Crippen LogP contribution < -0.4 is 10.0 Å². The van der Waals surface area contributed by atoms with Gasteiger partial charge in [-0.15, -0.1) is 11.3 Å². The summed E-state index contributed by atoms with van der Waals surface area (Å²) in [6.45, 7) is 0. The van der Waals surface area contributed by atoms with Gasteiger partial charge in [0.05, 0.1) is 10.5 Å². The third-order valence-corrected chi connectivity index (χ3v) is 5.61. The van der Waals surface area contributed by atoms with Crippen molar-refractivity contribution in [2.24, 2.45) is 0 Å². The predicted octanol–water partition coefficient (Wildman–Crippen LogP) is 4.22. The van der Waals surface area contributed by atoms with Gasteiger partial charge in [-0.05, 0) is 42.5 Å². The molecule has 0 saturated carbocycles. The topological polar surface area (TPSA) is 88.2 Å². The maximum Gasteiger partial charge on any atom is 0.416 e. The second-order valence-electron chi connectivity index (χ2n) is 5.50. The van der Waals surface area contributed by atoms with E-state index in [0.717, 1.165) is 12.1 Å². The molecule has 0 fully saturated rings. The number of nitrogens with zero attached hydrogens (tertiary/aromatic N) is 1. The van der Waals surface area contributed by atoms with Crippen LogP contribution in [0.5, 0.6) is 0 Å². The number of rotatable bonds is 5. The number of benzene rings is 2. The van der Waals surface area contributed by atoms with Gasteiger partial charge in [0.1, 0.15) is 0 Å². The fourth-order valence-electron chi connectivity index (χ4n) is 2.21. The highest BCUT2D eigenvalue weighted by atomic mass is 32.2. The number of hydrogen-bond donors (Lipinski definition) is 2. The Morgan fingerprint density at radius 1 is 1.07 bits per heavy atom. The van der Waals surface area contributed by atoms with E-state index in [4.69, 9.17) is 0 Å². The van der Waals surface area contributed by atoms with Crippen molar-refractivity contribution in [3.8, 4) is 0 Å². The normalized spacial score (nSPS) is 11.8. The fraction of sp³-hybridized carbons (Fsp3) is 0.0588. The number of carbonyl (C=O) groups is 1. The van der Waals surface area contributed by atoms with Crippen molar-refractivity contribution in [3.05, 3.63) is 71.2 Å². The standard InChI is InChI=1S/C17H12F3N3O3S2/c18-17(19,20)12-2-1-3-13(10-12)23-28(25,26)14-6-4-11(5-7-14)15(24)22-16-21-8-9-27-16/h1-10,23H,(H,21,22,24). The smallest absolute Gasteiger partial charge is 0.298 e. The first-order valence-electron chi connectivity index (χ1n) is 7.66. The Bertz CT molecular complexity index is 1080. The van der Waals surface area contributed by atoms with Crippen LogP contribution in [0.25, 0.3) is 0 Å². The zero-order valence-electron chi connectivity index (χ0n) is 13.9. The van der Waals surface area contributed by atoms with Gasteiger partial charge in [-0.2, -0.15) is 13.2 Å². The molecule has 0 aliphatic heterocycles. The highest BCUT2D eigenvalue weighted by Gasteiger charge is 2.30.